The molecule has 1 aliphatic carbocycles. The van der Waals surface area contributed by atoms with E-state index in [1.807, 2.05) is 6.07 Å². The van der Waals surface area contributed by atoms with Crippen molar-refractivity contribution in [1.82, 2.24) is 9.78 Å². The van der Waals surface area contributed by atoms with E-state index in [1.54, 1.807) is 31.2 Å². The zero-order valence-corrected chi connectivity index (χ0v) is 19.4. The lowest BCUT2D eigenvalue weighted by Gasteiger charge is -2.16. The quantitative estimate of drug-likeness (QED) is 0.413. The normalized spacial score (nSPS) is 17.7. The predicted molar refractivity (Wildman–Crippen MR) is 131 cm³/mol. The number of para-hydroxylation sites is 1. The van der Waals surface area contributed by atoms with Crippen molar-refractivity contribution in [3.63, 3.8) is 0 Å². The number of aryl methyl sites for hydroxylation is 3. The van der Waals surface area contributed by atoms with Crippen molar-refractivity contribution in [3.8, 4) is 11.4 Å². The summed E-state index contributed by atoms with van der Waals surface area (Å²) in [4.78, 5) is 24.6. The first-order chi connectivity index (χ1) is 16.4. The van der Waals surface area contributed by atoms with Crippen LogP contribution in [0.5, 0.6) is 5.75 Å². The number of benzene rings is 2. The van der Waals surface area contributed by atoms with Gasteiger partial charge in [0.05, 0.1) is 16.3 Å². The van der Waals surface area contributed by atoms with Crippen molar-refractivity contribution < 1.29 is 15.0 Å². The van der Waals surface area contributed by atoms with Crippen LogP contribution in [0.3, 0.4) is 0 Å². The fraction of sp³-hybridized carbons (Fsp3) is 0.280. The van der Waals surface area contributed by atoms with E-state index in [-0.39, 0.29) is 32.8 Å². The van der Waals surface area contributed by atoms with Crippen molar-refractivity contribution in [2.75, 3.05) is 0 Å². The van der Waals surface area contributed by atoms with Gasteiger partial charge in [-0.15, -0.1) is 22.0 Å². The monoisotopic (exact) mass is 476 g/mol. The Morgan fingerprint density at radius 2 is 1.94 bits per heavy atom. The van der Waals surface area contributed by atoms with Gasteiger partial charge in [-0.1, -0.05) is 24.3 Å². The lowest BCUT2D eigenvalue weighted by molar-refractivity contribution is -0.131. The van der Waals surface area contributed by atoms with Crippen LogP contribution in [0.2, 0.25) is 0 Å². The molecular formula is C25H24N4O4S. The van der Waals surface area contributed by atoms with Crippen LogP contribution in [0.4, 0.5) is 11.4 Å². The highest BCUT2D eigenvalue weighted by Crippen LogP contribution is 2.48. The Labute approximate surface area is 200 Å². The minimum absolute atomic E-state index is 0.0630. The number of hydrogen-bond acceptors (Lipinski definition) is 6. The van der Waals surface area contributed by atoms with Crippen LogP contribution in [-0.2, 0) is 17.6 Å². The van der Waals surface area contributed by atoms with Crippen molar-refractivity contribution in [2.24, 2.45) is 10.2 Å². The van der Waals surface area contributed by atoms with E-state index < -0.39 is 5.97 Å². The molecule has 0 bridgehead atoms. The molecule has 0 saturated carbocycles. The van der Waals surface area contributed by atoms with Gasteiger partial charge in [0.1, 0.15) is 11.4 Å². The number of nitrogens with zero attached hydrogens (tertiary/aromatic N) is 3. The van der Waals surface area contributed by atoms with Crippen LogP contribution in [0.25, 0.3) is 5.69 Å². The largest absolute Gasteiger partial charge is 0.505 e. The number of hydrogen-bond donors (Lipinski definition) is 3. The summed E-state index contributed by atoms with van der Waals surface area (Å²) in [6, 6.07) is 11.2. The first-order valence-corrected chi connectivity index (χ1v) is 12.1. The summed E-state index contributed by atoms with van der Waals surface area (Å²) in [5, 5.41) is 31.1. The molecule has 1 aromatic heterocycles. The summed E-state index contributed by atoms with van der Waals surface area (Å²) in [6.45, 7) is 1.76. The maximum atomic E-state index is 13.1. The van der Waals surface area contributed by atoms with Crippen molar-refractivity contribution >= 4 is 29.1 Å². The lowest BCUT2D eigenvalue weighted by atomic mass is 9.91. The van der Waals surface area contributed by atoms with Crippen LogP contribution in [0.1, 0.15) is 46.9 Å². The Hall–Kier alpha value is -3.59. The molecule has 2 aliphatic rings. The minimum Gasteiger partial charge on any atom is -0.505 e. The number of aromatic amines is 1. The van der Waals surface area contributed by atoms with Crippen molar-refractivity contribution in [2.45, 2.75) is 44.3 Å². The molecule has 1 aliphatic heterocycles. The molecule has 8 nitrogen and oxygen atoms in total. The number of rotatable bonds is 5. The molecule has 0 radical (unpaired) electrons. The number of carbonyl (C=O) groups is 1. The Morgan fingerprint density at radius 3 is 2.71 bits per heavy atom. The minimum atomic E-state index is -0.971. The number of allylic oxidation sites excluding steroid dienone is 1. The van der Waals surface area contributed by atoms with Crippen LogP contribution in [0, 0.1) is 6.92 Å². The third-order valence-corrected chi connectivity index (χ3v) is 7.60. The molecule has 2 aromatic carbocycles. The first kappa shape index (κ1) is 22.2. The van der Waals surface area contributed by atoms with E-state index in [0.717, 1.165) is 24.9 Å². The molecular weight excluding hydrogens is 452 g/mol. The number of azo groups is 1. The number of nitrogens with one attached hydrogen (secondary N) is 1. The van der Waals surface area contributed by atoms with Gasteiger partial charge in [-0.05, 0) is 68.4 Å². The highest BCUT2D eigenvalue weighted by molar-refractivity contribution is 8.04. The number of thioether (sulfide) groups is 1. The molecule has 3 N–H and O–H groups in total. The van der Waals surface area contributed by atoms with Crippen LogP contribution in [0.15, 0.2) is 62.4 Å². The zero-order valence-electron chi connectivity index (χ0n) is 18.6. The predicted octanol–water partition coefficient (Wildman–Crippen LogP) is 5.62. The van der Waals surface area contributed by atoms with Gasteiger partial charge in [-0.25, -0.2) is 9.48 Å². The zero-order chi connectivity index (χ0) is 23.8. The van der Waals surface area contributed by atoms with Gasteiger partial charge in [0.2, 0.25) is 0 Å². The number of carboxylic acid groups (broad SMARTS) is 1. The van der Waals surface area contributed by atoms with E-state index in [0.29, 0.717) is 17.7 Å². The SMILES string of the molecule is Cc1[nH]n(-c2ccc3c(c2)CCCC3)c(=O)c1N=Nc1cccc(C2CC=C(C(=O)O)S2)c1O. The molecule has 9 heteroatoms. The number of phenols is 1. The van der Waals surface area contributed by atoms with Crippen molar-refractivity contribution in [3.05, 3.63) is 80.1 Å². The van der Waals surface area contributed by atoms with Gasteiger partial charge in [-0.2, -0.15) is 0 Å². The van der Waals surface area contributed by atoms with E-state index in [1.165, 1.54) is 34.0 Å². The van der Waals surface area contributed by atoms with Crippen molar-refractivity contribution in [1.29, 1.82) is 0 Å². The third-order valence-electron chi connectivity index (χ3n) is 6.28. The highest BCUT2D eigenvalue weighted by Gasteiger charge is 2.26. The Bertz CT molecular complexity index is 1400. The molecule has 0 spiro atoms. The van der Waals surface area contributed by atoms with E-state index in [9.17, 15) is 19.8 Å². The summed E-state index contributed by atoms with van der Waals surface area (Å²) in [5.41, 5.74) is 4.63. The second-order valence-corrected chi connectivity index (χ2v) is 9.76. The molecule has 5 rings (SSSR count). The lowest BCUT2D eigenvalue weighted by Crippen LogP contribution is -2.15. The number of H-pyrrole nitrogens is 1. The molecule has 1 atom stereocenters. The fourth-order valence-electron chi connectivity index (χ4n) is 4.48. The van der Waals surface area contributed by atoms with Gasteiger partial charge in [-0.3, -0.25) is 9.89 Å². The summed E-state index contributed by atoms with van der Waals surface area (Å²) in [6.07, 6.45) is 6.60. The Morgan fingerprint density at radius 1 is 1.15 bits per heavy atom. The van der Waals surface area contributed by atoms with Gasteiger partial charge < -0.3 is 10.2 Å². The van der Waals surface area contributed by atoms with E-state index >= 15 is 0 Å². The molecule has 174 valence electrons. The van der Waals surface area contributed by atoms with E-state index in [2.05, 4.69) is 27.5 Å². The molecule has 0 amide bonds. The second kappa shape index (κ2) is 8.98. The number of aliphatic carboxylic acids is 1. The maximum Gasteiger partial charge on any atom is 0.341 e. The van der Waals surface area contributed by atoms with Crippen LogP contribution in [-0.4, -0.2) is 26.0 Å². The van der Waals surface area contributed by atoms with Crippen LogP contribution < -0.4 is 5.56 Å². The smallest absolute Gasteiger partial charge is 0.341 e. The molecule has 0 saturated heterocycles. The van der Waals surface area contributed by atoms with Crippen LogP contribution >= 0.6 is 11.8 Å². The number of fused-ring (bicyclic) bond motifs is 1. The molecule has 3 aromatic rings. The molecule has 2 heterocycles. The Balaban J connectivity index is 1.42. The third kappa shape index (κ3) is 4.07. The first-order valence-electron chi connectivity index (χ1n) is 11.2. The second-order valence-electron chi connectivity index (χ2n) is 8.52. The summed E-state index contributed by atoms with van der Waals surface area (Å²) in [5.74, 6) is -1.03. The van der Waals surface area contributed by atoms with Gasteiger partial charge in [0, 0.05) is 10.8 Å². The summed E-state index contributed by atoms with van der Waals surface area (Å²) in [7, 11) is 0. The Kier molecular flexibility index (Phi) is 5.87. The van der Waals surface area contributed by atoms with E-state index in [4.69, 9.17) is 0 Å². The fourth-order valence-corrected chi connectivity index (χ4v) is 5.59. The number of carboxylic acids is 1. The van der Waals surface area contributed by atoms with Gasteiger partial charge in [0.25, 0.3) is 5.56 Å². The summed E-state index contributed by atoms with van der Waals surface area (Å²) < 4.78 is 1.48. The topological polar surface area (TPSA) is 120 Å². The number of aromatic hydroxyl groups is 1. The molecule has 1 unspecified atom stereocenters. The maximum absolute atomic E-state index is 13.1. The average molecular weight is 477 g/mol. The number of phenolic OH excluding ortho intramolecular Hbond substituents is 1. The van der Waals surface area contributed by atoms with Gasteiger partial charge >= 0.3 is 5.97 Å². The molecule has 0 fully saturated rings. The average Bonchev–Trinajstić information content (AvgIpc) is 3.43. The molecule has 34 heavy (non-hydrogen) atoms. The standard InChI is InChI=1S/C25H24N4O4S/c1-14-22(24(31)29(28-14)17-10-9-15-5-2-3-6-16(15)13-17)27-26-19-8-4-7-18(23(19)30)20-11-12-21(34-20)25(32)33/h4,7-10,12-13,20,28,30H,2-3,5-6,11H2,1H3,(H,32,33). The highest BCUT2D eigenvalue weighted by atomic mass is 32.2. The van der Waals surface area contributed by atoms with Gasteiger partial charge in [0.15, 0.2) is 5.69 Å². The summed E-state index contributed by atoms with van der Waals surface area (Å²) >= 11 is 1.20. The number of aromatic nitrogens is 2.